The standard InChI is InChI=1S/C13H21NO/c1-3-13(15,4-2)12(14)10-11-8-6-5-7-9-11/h5-9,12,15H,3-4,10,14H2,1-2H3/t12-/m0/s1. The van der Waals surface area contributed by atoms with E-state index in [2.05, 4.69) is 0 Å². The lowest BCUT2D eigenvalue weighted by atomic mass is 9.85. The van der Waals surface area contributed by atoms with Crippen LogP contribution in [0.25, 0.3) is 0 Å². The second kappa shape index (κ2) is 5.29. The molecule has 0 spiro atoms. The van der Waals surface area contributed by atoms with Crippen LogP contribution in [-0.4, -0.2) is 16.7 Å². The van der Waals surface area contributed by atoms with Crippen molar-refractivity contribution in [2.75, 3.05) is 0 Å². The number of rotatable bonds is 5. The molecule has 0 amide bonds. The van der Waals surface area contributed by atoms with Gasteiger partial charge in [-0.05, 0) is 24.8 Å². The van der Waals surface area contributed by atoms with Gasteiger partial charge in [-0.2, -0.15) is 0 Å². The molecule has 0 radical (unpaired) electrons. The maximum absolute atomic E-state index is 10.2. The molecule has 15 heavy (non-hydrogen) atoms. The summed E-state index contributed by atoms with van der Waals surface area (Å²) < 4.78 is 0. The van der Waals surface area contributed by atoms with Crippen molar-refractivity contribution >= 4 is 0 Å². The Hall–Kier alpha value is -0.860. The fraction of sp³-hybridized carbons (Fsp3) is 0.538. The Morgan fingerprint density at radius 2 is 1.73 bits per heavy atom. The molecule has 0 saturated carbocycles. The molecule has 0 aliphatic rings. The highest BCUT2D eigenvalue weighted by Crippen LogP contribution is 2.20. The van der Waals surface area contributed by atoms with Crippen molar-refractivity contribution < 1.29 is 5.11 Å². The maximum atomic E-state index is 10.2. The molecule has 1 rings (SSSR count). The lowest BCUT2D eigenvalue weighted by molar-refractivity contribution is 0.00657. The molecule has 2 nitrogen and oxygen atoms in total. The molecule has 1 aromatic rings. The first-order valence-corrected chi connectivity index (χ1v) is 5.64. The number of hydrogen-bond acceptors (Lipinski definition) is 2. The molecular formula is C13H21NO. The van der Waals surface area contributed by atoms with Gasteiger partial charge < -0.3 is 10.8 Å². The average Bonchev–Trinajstić information content (AvgIpc) is 2.29. The fourth-order valence-corrected chi connectivity index (χ4v) is 1.83. The molecule has 84 valence electrons. The summed E-state index contributed by atoms with van der Waals surface area (Å²) in [5.41, 5.74) is 6.51. The predicted molar refractivity (Wildman–Crippen MR) is 63.7 cm³/mol. The molecule has 3 N–H and O–H groups in total. The summed E-state index contributed by atoms with van der Waals surface area (Å²) in [6, 6.07) is 9.89. The molecule has 1 atom stereocenters. The first-order chi connectivity index (χ1) is 7.12. The van der Waals surface area contributed by atoms with Crippen molar-refractivity contribution in [3.63, 3.8) is 0 Å². The van der Waals surface area contributed by atoms with Crippen molar-refractivity contribution in [1.29, 1.82) is 0 Å². The van der Waals surface area contributed by atoms with Crippen LogP contribution in [-0.2, 0) is 6.42 Å². The highest BCUT2D eigenvalue weighted by molar-refractivity contribution is 5.16. The van der Waals surface area contributed by atoms with E-state index >= 15 is 0 Å². The Morgan fingerprint density at radius 3 is 2.20 bits per heavy atom. The van der Waals surface area contributed by atoms with E-state index in [1.807, 2.05) is 44.2 Å². The molecule has 1 aromatic carbocycles. The minimum absolute atomic E-state index is 0.185. The van der Waals surface area contributed by atoms with Crippen molar-refractivity contribution in [3.8, 4) is 0 Å². The minimum Gasteiger partial charge on any atom is -0.388 e. The van der Waals surface area contributed by atoms with E-state index in [0.717, 1.165) is 6.42 Å². The van der Waals surface area contributed by atoms with Gasteiger partial charge in [-0.25, -0.2) is 0 Å². The van der Waals surface area contributed by atoms with Gasteiger partial charge in [0.15, 0.2) is 0 Å². The smallest absolute Gasteiger partial charge is 0.0795 e. The lowest BCUT2D eigenvalue weighted by Crippen LogP contribution is -2.48. The van der Waals surface area contributed by atoms with E-state index < -0.39 is 5.60 Å². The third-order valence-electron chi connectivity index (χ3n) is 3.21. The SMILES string of the molecule is CCC(O)(CC)[C@@H](N)Cc1ccccc1. The first-order valence-electron chi connectivity index (χ1n) is 5.64. The first kappa shape index (κ1) is 12.2. The number of benzene rings is 1. The summed E-state index contributed by atoms with van der Waals surface area (Å²) in [4.78, 5) is 0. The Kier molecular flexibility index (Phi) is 4.30. The van der Waals surface area contributed by atoms with Gasteiger partial charge in [0, 0.05) is 6.04 Å². The zero-order valence-corrected chi connectivity index (χ0v) is 9.61. The van der Waals surface area contributed by atoms with Crippen LogP contribution in [0.15, 0.2) is 30.3 Å². The van der Waals surface area contributed by atoms with Crippen LogP contribution < -0.4 is 5.73 Å². The van der Waals surface area contributed by atoms with Crippen LogP contribution >= 0.6 is 0 Å². The highest BCUT2D eigenvalue weighted by Gasteiger charge is 2.30. The van der Waals surface area contributed by atoms with Gasteiger partial charge in [-0.3, -0.25) is 0 Å². The van der Waals surface area contributed by atoms with Gasteiger partial charge in [0.25, 0.3) is 0 Å². The molecule has 0 aromatic heterocycles. The van der Waals surface area contributed by atoms with Crippen molar-refractivity contribution in [1.82, 2.24) is 0 Å². The van der Waals surface area contributed by atoms with E-state index in [-0.39, 0.29) is 6.04 Å². The minimum atomic E-state index is -0.726. The van der Waals surface area contributed by atoms with Crippen LogP contribution in [0.3, 0.4) is 0 Å². The van der Waals surface area contributed by atoms with Gasteiger partial charge in [0.05, 0.1) is 5.60 Å². The topological polar surface area (TPSA) is 46.2 Å². The molecular weight excluding hydrogens is 186 g/mol. The zero-order valence-electron chi connectivity index (χ0n) is 9.61. The van der Waals surface area contributed by atoms with Crippen LogP contribution in [0.5, 0.6) is 0 Å². The monoisotopic (exact) mass is 207 g/mol. The predicted octanol–water partition coefficient (Wildman–Crippen LogP) is 2.11. The normalized spacial score (nSPS) is 13.9. The molecule has 0 fully saturated rings. The average molecular weight is 207 g/mol. The molecule has 0 unspecified atom stereocenters. The molecule has 0 heterocycles. The third kappa shape index (κ3) is 3.05. The summed E-state index contributed by atoms with van der Waals surface area (Å²) in [5, 5.41) is 10.2. The van der Waals surface area contributed by atoms with Gasteiger partial charge in [0.2, 0.25) is 0 Å². The number of hydrogen-bond donors (Lipinski definition) is 2. The van der Waals surface area contributed by atoms with Gasteiger partial charge in [0.1, 0.15) is 0 Å². The van der Waals surface area contributed by atoms with Crippen molar-refractivity contribution in [2.24, 2.45) is 5.73 Å². The van der Waals surface area contributed by atoms with E-state index in [9.17, 15) is 5.11 Å². The maximum Gasteiger partial charge on any atom is 0.0795 e. The van der Waals surface area contributed by atoms with Crippen LogP contribution in [0.2, 0.25) is 0 Å². The van der Waals surface area contributed by atoms with Crippen molar-refractivity contribution in [2.45, 2.75) is 44.8 Å². The van der Waals surface area contributed by atoms with Crippen molar-refractivity contribution in [3.05, 3.63) is 35.9 Å². The summed E-state index contributed by atoms with van der Waals surface area (Å²) in [7, 11) is 0. The van der Waals surface area contributed by atoms with Crippen LogP contribution in [0.1, 0.15) is 32.3 Å². The molecule has 0 aliphatic heterocycles. The second-order valence-corrected chi connectivity index (χ2v) is 4.11. The highest BCUT2D eigenvalue weighted by atomic mass is 16.3. The summed E-state index contributed by atoms with van der Waals surface area (Å²) in [6.07, 6.45) is 2.15. The molecule has 0 aliphatic carbocycles. The van der Waals surface area contributed by atoms with E-state index in [1.165, 1.54) is 5.56 Å². The quantitative estimate of drug-likeness (QED) is 0.776. The fourth-order valence-electron chi connectivity index (χ4n) is 1.83. The summed E-state index contributed by atoms with van der Waals surface area (Å²) >= 11 is 0. The van der Waals surface area contributed by atoms with E-state index in [1.54, 1.807) is 0 Å². The summed E-state index contributed by atoms with van der Waals surface area (Å²) in [6.45, 7) is 3.96. The second-order valence-electron chi connectivity index (χ2n) is 4.11. The zero-order chi connectivity index (χ0) is 11.3. The van der Waals surface area contributed by atoms with Gasteiger partial charge in [-0.1, -0.05) is 44.2 Å². The largest absolute Gasteiger partial charge is 0.388 e. The van der Waals surface area contributed by atoms with E-state index in [4.69, 9.17) is 5.73 Å². The van der Waals surface area contributed by atoms with Gasteiger partial charge in [-0.15, -0.1) is 0 Å². The van der Waals surface area contributed by atoms with Crippen LogP contribution in [0.4, 0.5) is 0 Å². The molecule has 2 heteroatoms. The van der Waals surface area contributed by atoms with Crippen LogP contribution in [0, 0.1) is 0 Å². The van der Waals surface area contributed by atoms with Gasteiger partial charge >= 0.3 is 0 Å². The third-order valence-corrected chi connectivity index (χ3v) is 3.21. The number of nitrogens with two attached hydrogens (primary N) is 1. The lowest BCUT2D eigenvalue weighted by Gasteiger charge is -2.32. The Bertz CT molecular complexity index is 280. The Balaban J connectivity index is 2.66. The Morgan fingerprint density at radius 1 is 1.20 bits per heavy atom. The summed E-state index contributed by atoms with van der Waals surface area (Å²) in [5.74, 6) is 0. The van der Waals surface area contributed by atoms with E-state index in [0.29, 0.717) is 12.8 Å². The Labute approximate surface area is 92.1 Å². The molecule has 0 bridgehead atoms. The number of aliphatic hydroxyl groups is 1. The molecule has 0 saturated heterocycles.